The normalized spacial score (nSPS) is 12.4. The van der Waals surface area contributed by atoms with E-state index in [2.05, 4.69) is 51.8 Å². The highest BCUT2D eigenvalue weighted by Crippen LogP contribution is 2.35. The number of rotatable bonds is 11. The number of aromatic nitrogens is 3. The van der Waals surface area contributed by atoms with Crippen LogP contribution in [0, 0.1) is 0 Å². The Labute approximate surface area is 290 Å². The van der Waals surface area contributed by atoms with E-state index < -0.39 is 32.1 Å². The molecule has 12 nitrogen and oxygen atoms in total. The van der Waals surface area contributed by atoms with Crippen molar-refractivity contribution in [1.29, 1.82) is 0 Å². The highest BCUT2D eigenvalue weighted by Gasteiger charge is 2.34. The Morgan fingerprint density at radius 1 is 0.940 bits per heavy atom. The number of sulfonamides is 1. The first kappa shape index (κ1) is 40.2. The standard InChI is InChI=1S/C21H29N7O.C13H19F3N2O2S/c1-21(2,3)17-11-15-13-28(20(29)27-18(15)26-17)16-7-5-14(6-8-16)12-24-9-4-10-25-19(22)23;1-12(2,3)9-6-10(13(14,15)16)8-11(7-9)21(19,20)18-5-4-17/h5-8,11,13,24H,4,9-10,12H2,1-3H3,(H4,22,23,25)(H,26,27,29);6-8,18H,4-5,17H2,1-3H3. The molecule has 9 N–H and O–H groups in total. The van der Waals surface area contributed by atoms with Gasteiger partial charge in [0.15, 0.2) is 5.96 Å². The smallest absolute Gasteiger partial charge is 0.370 e. The third-order valence-electron chi connectivity index (χ3n) is 7.51. The van der Waals surface area contributed by atoms with Gasteiger partial charge < -0.3 is 27.5 Å². The maximum Gasteiger partial charge on any atom is 0.416 e. The van der Waals surface area contributed by atoms with E-state index in [1.165, 1.54) is 6.07 Å². The number of fused-ring (bicyclic) bond motifs is 1. The third kappa shape index (κ3) is 11.4. The van der Waals surface area contributed by atoms with E-state index in [0.717, 1.165) is 47.9 Å². The van der Waals surface area contributed by atoms with Gasteiger partial charge in [0.25, 0.3) is 0 Å². The molecule has 4 aromatic rings. The predicted octanol–water partition coefficient (Wildman–Crippen LogP) is 4.00. The summed E-state index contributed by atoms with van der Waals surface area (Å²) in [5.74, 6) is 0.123. The fraction of sp³-hybridized carbons (Fsp3) is 0.441. The van der Waals surface area contributed by atoms with Crippen LogP contribution < -0.4 is 32.9 Å². The molecule has 0 fully saturated rings. The average molecular weight is 720 g/mol. The first-order chi connectivity index (χ1) is 23.1. The Balaban J connectivity index is 0.000000286. The lowest BCUT2D eigenvalue weighted by atomic mass is 9.86. The van der Waals surface area contributed by atoms with Gasteiger partial charge in [-0.1, -0.05) is 53.7 Å². The van der Waals surface area contributed by atoms with E-state index in [1.807, 2.05) is 30.5 Å². The lowest BCUT2D eigenvalue weighted by Gasteiger charge is -2.22. The average Bonchev–Trinajstić information content (AvgIpc) is 3.44. The third-order valence-corrected chi connectivity index (χ3v) is 8.95. The van der Waals surface area contributed by atoms with Crippen molar-refractivity contribution in [2.75, 3.05) is 26.2 Å². The summed E-state index contributed by atoms with van der Waals surface area (Å²) in [6, 6.07) is 12.8. The van der Waals surface area contributed by atoms with Crippen LogP contribution in [-0.2, 0) is 33.6 Å². The molecule has 0 aliphatic carbocycles. The van der Waals surface area contributed by atoms with Crippen LogP contribution >= 0.6 is 0 Å². The van der Waals surface area contributed by atoms with Gasteiger partial charge in [-0.3, -0.25) is 9.56 Å². The van der Waals surface area contributed by atoms with Crippen molar-refractivity contribution in [2.24, 2.45) is 22.2 Å². The molecule has 4 rings (SSSR count). The zero-order chi connectivity index (χ0) is 37.5. The van der Waals surface area contributed by atoms with Crippen molar-refractivity contribution in [3.63, 3.8) is 0 Å². The highest BCUT2D eigenvalue weighted by molar-refractivity contribution is 7.89. The number of halogens is 3. The van der Waals surface area contributed by atoms with Crippen LogP contribution in [0.15, 0.2) is 69.4 Å². The number of nitrogens with one attached hydrogen (secondary N) is 3. The molecule has 2 aromatic heterocycles. The van der Waals surface area contributed by atoms with E-state index in [4.69, 9.17) is 17.2 Å². The lowest BCUT2D eigenvalue weighted by molar-refractivity contribution is -0.137. The molecular formula is C34H48F3N9O3S. The van der Waals surface area contributed by atoms with Crippen LogP contribution in [0.25, 0.3) is 16.7 Å². The summed E-state index contributed by atoms with van der Waals surface area (Å²) in [4.78, 5) is 23.5. The molecule has 0 aliphatic heterocycles. The maximum absolute atomic E-state index is 12.9. The molecule has 0 atom stereocenters. The molecular weight excluding hydrogens is 671 g/mol. The van der Waals surface area contributed by atoms with E-state index in [1.54, 1.807) is 25.3 Å². The molecule has 0 saturated heterocycles. The molecule has 0 spiro atoms. The lowest BCUT2D eigenvalue weighted by Crippen LogP contribution is -2.29. The number of benzene rings is 2. The first-order valence-electron chi connectivity index (χ1n) is 16.0. The summed E-state index contributed by atoms with van der Waals surface area (Å²) in [6.45, 7) is 13.7. The van der Waals surface area contributed by atoms with Crippen molar-refractivity contribution in [1.82, 2.24) is 24.6 Å². The second kappa shape index (κ2) is 16.2. The van der Waals surface area contributed by atoms with E-state index >= 15 is 0 Å². The number of guanidine groups is 1. The van der Waals surface area contributed by atoms with Gasteiger partial charge in [0.1, 0.15) is 5.65 Å². The van der Waals surface area contributed by atoms with Gasteiger partial charge >= 0.3 is 11.9 Å². The number of H-pyrrole nitrogens is 1. The molecule has 0 saturated carbocycles. The summed E-state index contributed by atoms with van der Waals surface area (Å²) in [5.41, 5.74) is 17.8. The fourth-order valence-electron chi connectivity index (χ4n) is 4.63. The van der Waals surface area contributed by atoms with Crippen molar-refractivity contribution >= 4 is 27.0 Å². The van der Waals surface area contributed by atoms with E-state index in [-0.39, 0.29) is 30.2 Å². The minimum absolute atomic E-state index is 0.0352. The molecule has 0 bridgehead atoms. The maximum atomic E-state index is 12.9. The molecule has 0 amide bonds. The van der Waals surface area contributed by atoms with Gasteiger partial charge in [-0.15, -0.1) is 0 Å². The van der Waals surface area contributed by atoms with Crippen LogP contribution in [0.4, 0.5) is 13.2 Å². The summed E-state index contributed by atoms with van der Waals surface area (Å²) in [5, 5.41) is 4.27. The topological polar surface area (TPSA) is 199 Å². The number of hydrogen-bond donors (Lipinski definition) is 6. The van der Waals surface area contributed by atoms with Crippen molar-refractivity contribution in [3.05, 3.63) is 87.6 Å². The largest absolute Gasteiger partial charge is 0.416 e. The molecule has 0 radical (unpaired) electrons. The molecule has 0 unspecified atom stereocenters. The van der Waals surface area contributed by atoms with E-state index in [9.17, 15) is 26.4 Å². The number of nitrogens with two attached hydrogens (primary N) is 3. The monoisotopic (exact) mass is 719 g/mol. The Kier molecular flexibility index (Phi) is 13.0. The molecule has 2 aromatic carbocycles. The van der Waals surface area contributed by atoms with Gasteiger partial charge in [0.2, 0.25) is 10.0 Å². The van der Waals surface area contributed by atoms with Crippen LogP contribution in [0.1, 0.15) is 70.3 Å². The summed E-state index contributed by atoms with van der Waals surface area (Å²) >= 11 is 0. The van der Waals surface area contributed by atoms with Crippen LogP contribution in [0.5, 0.6) is 0 Å². The van der Waals surface area contributed by atoms with Gasteiger partial charge in [-0.05, 0) is 65.9 Å². The second-order valence-electron chi connectivity index (χ2n) is 13.8. The Hall–Kier alpha value is -4.25. The zero-order valence-corrected chi connectivity index (χ0v) is 30.1. The van der Waals surface area contributed by atoms with Crippen molar-refractivity contribution in [3.8, 4) is 5.69 Å². The quantitative estimate of drug-likeness (QED) is 0.0759. The molecule has 16 heteroatoms. The summed E-state index contributed by atoms with van der Waals surface area (Å²) in [6.07, 6.45) is -1.91. The summed E-state index contributed by atoms with van der Waals surface area (Å²) in [7, 11) is -4.02. The predicted molar refractivity (Wildman–Crippen MR) is 192 cm³/mol. The van der Waals surface area contributed by atoms with E-state index in [0.29, 0.717) is 23.8 Å². The van der Waals surface area contributed by atoms with Gasteiger partial charge in [-0.25, -0.2) is 17.9 Å². The SMILES string of the molecule is CC(C)(C)c1cc(C(F)(F)F)cc(S(=O)(=O)NCCN)c1.CC(C)(C)c1cc2cn(-c3ccc(CNCCCN=C(N)N)cc3)c(=O)nc2[nH]1. The van der Waals surface area contributed by atoms with Gasteiger partial charge in [0.05, 0.1) is 16.1 Å². The van der Waals surface area contributed by atoms with Crippen LogP contribution in [-0.4, -0.2) is 55.1 Å². The molecule has 274 valence electrons. The zero-order valence-electron chi connectivity index (χ0n) is 29.3. The molecule has 2 heterocycles. The molecule has 50 heavy (non-hydrogen) atoms. The van der Waals surface area contributed by atoms with Crippen LogP contribution in [0.3, 0.4) is 0 Å². The fourth-order valence-corrected chi connectivity index (χ4v) is 5.75. The number of aromatic amines is 1. The highest BCUT2D eigenvalue weighted by atomic mass is 32.2. The number of nitrogens with zero attached hydrogens (tertiary/aromatic N) is 3. The Bertz CT molecular complexity index is 1900. The van der Waals surface area contributed by atoms with Crippen molar-refractivity contribution < 1.29 is 21.6 Å². The van der Waals surface area contributed by atoms with Crippen molar-refractivity contribution in [2.45, 2.75) is 76.4 Å². The summed E-state index contributed by atoms with van der Waals surface area (Å²) < 4.78 is 66.6. The second-order valence-corrected chi connectivity index (χ2v) is 15.6. The minimum atomic E-state index is -4.61. The number of alkyl halides is 3. The Morgan fingerprint density at radius 2 is 1.58 bits per heavy atom. The molecule has 0 aliphatic rings. The number of aliphatic imine (C=N–C) groups is 1. The first-order valence-corrected chi connectivity index (χ1v) is 17.5. The minimum Gasteiger partial charge on any atom is -0.370 e. The number of hydrogen-bond acceptors (Lipinski definition) is 7. The van der Waals surface area contributed by atoms with Gasteiger partial charge in [0, 0.05) is 48.9 Å². The Morgan fingerprint density at radius 3 is 2.14 bits per heavy atom. The van der Waals surface area contributed by atoms with Crippen LogP contribution in [0.2, 0.25) is 0 Å². The van der Waals surface area contributed by atoms with Gasteiger partial charge in [-0.2, -0.15) is 18.2 Å².